The SMILES string of the molecule is C.C.C.C.C=Cc1ccc(Cl)cc1.CCCOc1ccsc1C(=O)N1CCC(N2CCN([C@@H](C)c3ccc(CCc4ccc(Cl)cc4)cc3)[C@H](C)C2)CC1.CCCOc1ccsc1C(=O)O.C[C@@H]1CN(C2CCN(C(=O)OC(C)(C)C)CC2)CCN1[C@@H](C)c1ccc(Br)cc1.C[C@@H]1CN(C2CCN(C(=O)OC(C)(C)C)CC2)CCN1[C@@H](C)c1ccc(CCc2ccc(Cl)cc2)cc1. The molecule has 6 saturated heterocycles. The number of hydrogen-bond donors (Lipinski definition) is 1. The van der Waals surface area contributed by atoms with Gasteiger partial charge in [-0.2, -0.15) is 0 Å². The van der Waals surface area contributed by atoms with Crippen molar-refractivity contribution in [2.24, 2.45) is 0 Å². The molecule has 3 amide bonds. The summed E-state index contributed by atoms with van der Waals surface area (Å²) in [5.41, 5.74) is 9.79. The Morgan fingerprint density at radius 3 is 1.02 bits per heavy atom. The number of benzene rings is 6. The van der Waals surface area contributed by atoms with E-state index in [-0.39, 0.29) is 52.7 Å². The Bertz CT molecular complexity index is 4680. The van der Waals surface area contributed by atoms with Gasteiger partial charge < -0.3 is 38.8 Å². The first-order valence-electron chi connectivity index (χ1n) is 46.4. The van der Waals surface area contributed by atoms with Crippen LogP contribution in [-0.4, -0.2) is 232 Å². The minimum absolute atomic E-state index is 0. The van der Waals surface area contributed by atoms with Crippen molar-refractivity contribution in [3.8, 4) is 11.5 Å². The van der Waals surface area contributed by atoms with Crippen LogP contribution in [0.1, 0.15) is 260 Å². The molecule has 8 heterocycles. The Balaban J connectivity index is 0.000000272. The molecule has 24 heteroatoms. The smallest absolute Gasteiger partial charge is 0.410 e. The van der Waals surface area contributed by atoms with Gasteiger partial charge in [0.05, 0.1) is 13.2 Å². The average Bonchev–Trinajstić information content (AvgIpc) is 1.05. The number of likely N-dealkylation sites (tertiary alicyclic amines) is 3. The number of rotatable bonds is 24. The first-order chi connectivity index (χ1) is 61.2. The number of carboxylic acids is 1. The number of hydrogen-bond acceptors (Lipinski definition) is 16. The molecule has 728 valence electrons. The van der Waals surface area contributed by atoms with Gasteiger partial charge in [-0.3, -0.25) is 34.2 Å². The topological polar surface area (TPSA) is 155 Å². The maximum absolute atomic E-state index is 13.2. The van der Waals surface area contributed by atoms with Gasteiger partial charge in [0.15, 0.2) is 4.88 Å². The summed E-state index contributed by atoms with van der Waals surface area (Å²) in [6, 6.07) is 59.1. The number of carbonyl (C=O) groups is 4. The number of piperazine rings is 3. The predicted molar refractivity (Wildman–Crippen MR) is 559 cm³/mol. The third-order valence-electron chi connectivity index (χ3n) is 25.3. The van der Waals surface area contributed by atoms with Gasteiger partial charge in [0.1, 0.15) is 27.6 Å². The molecular weight excluding hydrogens is 1820 g/mol. The normalized spacial score (nSPS) is 18.8. The molecule has 0 aliphatic carbocycles. The van der Waals surface area contributed by atoms with Gasteiger partial charge in [0, 0.05) is 172 Å². The van der Waals surface area contributed by atoms with E-state index in [2.05, 4.69) is 197 Å². The number of ether oxygens (including phenoxy) is 4. The summed E-state index contributed by atoms with van der Waals surface area (Å²) < 4.78 is 23.2. The summed E-state index contributed by atoms with van der Waals surface area (Å²) in [5, 5.41) is 14.7. The van der Waals surface area contributed by atoms with Crippen molar-refractivity contribution in [2.75, 3.05) is 111 Å². The van der Waals surface area contributed by atoms with E-state index in [1.54, 1.807) is 17.5 Å². The zero-order valence-electron chi connectivity index (χ0n) is 78.2. The molecule has 6 aromatic carbocycles. The number of aromatic carboxylic acids is 1. The molecule has 0 saturated carbocycles. The molecule has 1 N–H and O–H groups in total. The highest BCUT2D eigenvalue weighted by Crippen LogP contribution is 2.36. The molecule has 0 bridgehead atoms. The van der Waals surface area contributed by atoms with Crippen molar-refractivity contribution in [3.63, 3.8) is 0 Å². The highest BCUT2D eigenvalue weighted by atomic mass is 79.9. The van der Waals surface area contributed by atoms with Gasteiger partial charge in [-0.1, -0.05) is 204 Å². The zero-order valence-corrected chi connectivity index (χ0v) is 83.7. The average molecular weight is 1980 g/mol. The molecule has 0 unspecified atom stereocenters. The summed E-state index contributed by atoms with van der Waals surface area (Å²) in [6.07, 6.45) is 13.6. The quantitative estimate of drug-likeness (QED) is 0.0610. The van der Waals surface area contributed by atoms with E-state index < -0.39 is 17.2 Å². The van der Waals surface area contributed by atoms with Crippen LogP contribution >= 0.6 is 73.4 Å². The van der Waals surface area contributed by atoms with Crippen LogP contribution in [0.25, 0.3) is 6.08 Å². The second-order valence-corrected chi connectivity index (χ2v) is 41.0. The molecule has 6 aliphatic rings. The molecule has 6 fully saturated rings. The summed E-state index contributed by atoms with van der Waals surface area (Å²) >= 11 is 23.9. The van der Waals surface area contributed by atoms with Crippen molar-refractivity contribution >= 4 is 104 Å². The number of piperidine rings is 3. The Labute approximate surface area is 825 Å². The summed E-state index contributed by atoms with van der Waals surface area (Å²) in [7, 11) is 0. The van der Waals surface area contributed by atoms with Crippen LogP contribution in [-0.2, 0) is 35.2 Å². The first-order valence-corrected chi connectivity index (χ1v) is 50.1. The highest BCUT2D eigenvalue weighted by Gasteiger charge is 2.39. The van der Waals surface area contributed by atoms with Gasteiger partial charge in [0.25, 0.3) is 5.91 Å². The molecule has 14 rings (SSSR count). The fourth-order valence-electron chi connectivity index (χ4n) is 18.1. The summed E-state index contributed by atoms with van der Waals surface area (Å²) in [5.74, 6) is 0.439. The largest absolute Gasteiger partial charge is 0.492 e. The third-order valence-corrected chi connectivity index (χ3v) is 28.4. The number of nitrogens with zero attached hydrogens (tertiary/aromatic N) is 9. The van der Waals surface area contributed by atoms with Crippen molar-refractivity contribution in [1.82, 2.24) is 44.1 Å². The van der Waals surface area contributed by atoms with Crippen LogP contribution < -0.4 is 9.47 Å². The minimum Gasteiger partial charge on any atom is -0.492 e. The summed E-state index contributed by atoms with van der Waals surface area (Å²) in [6.45, 7) is 49.1. The number of thiophene rings is 2. The standard InChI is InChI=1S/C34H44ClN3O2S.C31H44ClN3O2.C23H36BrN3O2.C8H7Cl.C8H10O3S.4CH4/c1-4-22-40-32-17-23-41-33(32)34(39)36-18-15-31(16-19-36)37-20-21-38(25(2)24-37)26(3)29-11-7-27(8-12-29)5-6-28-9-13-30(35)14-10-28;1-23-22-34(29-16-18-33(19-17-29)30(36)37-31(3,4)5)20-21-35(23)24(2)27-12-8-25(9-13-27)6-7-26-10-14-28(32)15-11-26;1-17-16-26(14-15-27(17)18(2)19-6-8-20(24)9-7-19)21-10-12-25(13-11-21)22(28)29-23(3,4)5;1-2-7-3-5-8(9)6-4-7;1-2-4-11-6-3-5-12-7(6)8(9)10;;;;/h7-14,17,23,25-26,31H,4-6,15-16,18-22,24H2,1-3H3;8-15,23-24,29H,6-7,16-22H2,1-5H3;6-9,17-18,21H,10-16H2,1-5H3;2-6H,1H2;3,5H,2,4H2,1H3,(H,9,10);4*1H4/t25-,26+;23-,24+;17-,18+;;;;;;/m111....../s1. The second-order valence-electron chi connectivity index (χ2n) is 37.0. The van der Waals surface area contributed by atoms with E-state index in [0.717, 1.165) is 211 Å². The molecule has 8 aromatic rings. The van der Waals surface area contributed by atoms with Crippen LogP contribution in [0.3, 0.4) is 0 Å². The highest BCUT2D eigenvalue weighted by molar-refractivity contribution is 9.10. The first kappa shape index (κ1) is 113. The van der Waals surface area contributed by atoms with Gasteiger partial charge in [-0.05, 0) is 276 Å². The molecule has 0 radical (unpaired) electrons. The molecule has 6 aliphatic heterocycles. The van der Waals surface area contributed by atoms with Crippen LogP contribution in [0.5, 0.6) is 11.5 Å². The molecule has 0 spiro atoms. The monoisotopic (exact) mass is 1970 g/mol. The Morgan fingerprint density at radius 2 is 0.720 bits per heavy atom. The van der Waals surface area contributed by atoms with Crippen LogP contribution in [0.2, 0.25) is 15.1 Å². The van der Waals surface area contributed by atoms with Crippen molar-refractivity contribution in [3.05, 3.63) is 249 Å². The van der Waals surface area contributed by atoms with Crippen molar-refractivity contribution in [1.29, 1.82) is 0 Å². The van der Waals surface area contributed by atoms with E-state index in [1.165, 1.54) is 61.6 Å². The van der Waals surface area contributed by atoms with Gasteiger partial charge in [0.2, 0.25) is 0 Å². The number of halogens is 4. The third kappa shape index (κ3) is 35.0. The fraction of sp³-hybridized carbons (Fsp3) is 0.537. The summed E-state index contributed by atoms with van der Waals surface area (Å²) in [4.78, 5) is 71.2. The lowest BCUT2D eigenvalue weighted by Crippen LogP contribution is -2.57. The molecule has 132 heavy (non-hydrogen) atoms. The van der Waals surface area contributed by atoms with E-state index >= 15 is 0 Å². The number of aryl methyl sites for hydroxylation is 4. The molecule has 6 atom stereocenters. The molecule has 18 nitrogen and oxygen atoms in total. The van der Waals surface area contributed by atoms with Gasteiger partial charge in [-0.15, -0.1) is 22.7 Å². The molecule has 2 aromatic heterocycles. The van der Waals surface area contributed by atoms with Crippen molar-refractivity contribution < 1.29 is 43.2 Å². The number of amides is 3. The number of carbonyl (C=O) groups excluding carboxylic acids is 3. The van der Waals surface area contributed by atoms with Gasteiger partial charge in [-0.25, -0.2) is 14.4 Å². The van der Waals surface area contributed by atoms with Crippen molar-refractivity contribution in [2.45, 2.75) is 269 Å². The maximum atomic E-state index is 13.2. The van der Waals surface area contributed by atoms with E-state index in [4.69, 9.17) is 58.9 Å². The van der Waals surface area contributed by atoms with E-state index in [9.17, 15) is 19.2 Å². The van der Waals surface area contributed by atoms with Crippen LogP contribution in [0, 0.1) is 0 Å². The minimum atomic E-state index is -0.920. The maximum Gasteiger partial charge on any atom is 0.410 e. The Hall–Kier alpha value is -7.35. The lowest BCUT2D eigenvalue weighted by Gasteiger charge is -2.47. The fourth-order valence-corrected chi connectivity index (χ4v) is 20.2. The molecular formula is C108H157BrCl3N9O9S2. The van der Waals surface area contributed by atoms with E-state index in [0.29, 0.717) is 73.3 Å². The predicted octanol–water partition coefficient (Wildman–Crippen LogP) is 26.6. The van der Waals surface area contributed by atoms with Crippen LogP contribution in [0.4, 0.5) is 9.59 Å². The lowest BCUT2D eigenvalue weighted by atomic mass is 9.97. The zero-order chi connectivity index (χ0) is 92.2. The second kappa shape index (κ2) is 55.8. The Kier molecular flexibility index (Phi) is 47.9. The van der Waals surface area contributed by atoms with Gasteiger partial charge >= 0.3 is 18.2 Å². The van der Waals surface area contributed by atoms with Crippen LogP contribution in [0.15, 0.2) is 180 Å². The van der Waals surface area contributed by atoms with E-state index in [1.807, 2.05) is 123 Å². The lowest BCUT2D eigenvalue weighted by molar-refractivity contribution is -0.00249. The number of carboxylic acid groups (broad SMARTS) is 1. The Morgan fingerprint density at radius 1 is 0.432 bits per heavy atom.